The Bertz CT molecular complexity index is 988. The minimum Gasteiger partial charge on any atom is -0.507 e. The largest absolute Gasteiger partial charge is 0.507 e. The second-order valence-electron chi connectivity index (χ2n) is 6.55. The highest BCUT2D eigenvalue weighted by molar-refractivity contribution is 6.46. The molecule has 1 atom stereocenters. The maximum absolute atomic E-state index is 12.8. The zero-order chi connectivity index (χ0) is 21.7. The summed E-state index contributed by atoms with van der Waals surface area (Å²) in [6.45, 7) is -0.0789. The number of carbonyl (C=O) groups is 2. The Hall–Kier alpha value is -3.56. The van der Waals surface area contributed by atoms with E-state index in [2.05, 4.69) is 0 Å². The van der Waals surface area contributed by atoms with Crippen molar-refractivity contribution in [3.63, 3.8) is 0 Å². The molecule has 0 bridgehead atoms. The van der Waals surface area contributed by atoms with Gasteiger partial charge in [0.25, 0.3) is 17.4 Å². The summed E-state index contributed by atoms with van der Waals surface area (Å²) in [6, 6.07) is 12.9. The van der Waals surface area contributed by atoms with Crippen molar-refractivity contribution in [2.24, 2.45) is 0 Å². The van der Waals surface area contributed by atoms with E-state index in [4.69, 9.17) is 9.84 Å². The maximum Gasteiger partial charge on any atom is 0.295 e. The maximum atomic E-state index is 12.8. The number of hydrogen-bond acceptors (Lipinski definition) is 7. The molecule has 30 heavy (non-hydrogen) atoms. The van der Waals surface area contributed by atoms with Gasteiger partial charge < -0.3 is 19.8 Å². The molecule has 1 saturated heterocycles. The summed E-state index contributed by atoms with van der Waals surface area (Å²) in [5, 5.41) is 30.9. The van der Waals surface area contributed by atoms with Gasteiger partial charge in [0.2, 0.25) is 0 Å². The lowest BCUT2D eigenvalue weighted by Gasteiger charge is -2.25. The molecule has 2 aromatic rings. The molecule has 9 heteroatoms. The van der Waals surface area contributed by atoms with Crippen molar-refractivity contribution in [3.05, 3.63) is 81.4 Å². The van der Waals surface area contributed by atoms with Crippen LogP contribution in [0.4, 0.5) is 5.69 Å². The van der Waals surface area contributed by atoms with Crippen LogP contribution in [-0.2, 0) is 14.3 Å². The Balaban J connectivity index is 2.10. The molecule has 1 amide bonds. The Labute approximate surface area is 172 Å². The fraction of sp³-hybridized carbons (Fsp3) is 0.238. The van der Waals surface area contributed by atoms with Gasteiger partial charge in [-0.25, -0.2) is 0 Å². The SMILES string of the molecule is O=C1C(=O)N(CCOCCO)C(c2cccc([N+](=O)[O-])c2)/C1=C(\O)c1ccccc1. The predicted molar refractivity (Wildman–Crippen MR) is 106 cm³/mol. The number of carbonyl (C=O) groups excluding carboxylic acids is 2. The zero-order valence-corrected chi connectivity index (χ0v) is 15.9. The third kappa shape index (κ3) is 4.22. The summed E-state index contributed by atoms with van der Waals surface area (Å²) in [6.07, 6.45) is 0. The molecule has 1 unspecified atom stereocenters. The standard InChI is InChI=1S/C21H20N2O7/c24-10-12-30-11-9-22-18(15-7-4-8-16(13-15)23(28)29)17(20(26)21(22)27)19(25)14-5-2-1-3-6-14/h1-8,13,18,24-25H,9-12H2/b19-17+. The van der Waals surface area contributed by atoms with Crippen LogP contribution in [0.2, 0.25) is 0 Å². The lowest BCUT2D eigenvalue weighted by molar-refractivity contribution is -0.384. The van der Waals surface area contributed by atoms with E-state index in [1.165, 1.54) is 23.1 Å². The highest BCUT2D eigenvalue weighted by Crippen LogP contribution is 2.39. The predicted octanol–water partition coefficient (Wildman–Crippen LogP) is 2.03. The summed E-state index contributed by atoms with van der Waals surface area (Å²) in [7, 11) is 0. The molecule has 2 aromatic carbocycles. The van der Waals surface area contributed by atoms with Gasteiger partial charge in [-0.05, 0) is 5.56 Å². The van der Waals surface area contributed by atoms with Crippen molar-refractivity contribution in [2.75, 3.05) is 26.4 Å². The van der Waals surface area contributed by atoms with Crippen LogP contribution in [0.1, 0.15) is 17.2 Å². The summed E-state index contributed by atoms with van der Waals surface area (Å²) in [5.41, 5.74) is 0.327. The first-order valence-electron chi connectivity index (χ1n) is 9.22. The first-order chi connectivity index (χ1) is 14.5. The molecule has 9 nitrogen and oxygen atoms in total. The molecular weight excluding hydrogens is 392 g/mol. The molecule has 0 saturated carbocycles. The quantitative estimate of drug-likeness (QED) is 0.169. The molecule has 2 N–H and O–H groups in total. The molecule has 0 radical (unpaired) electrons. The first-order valence-corrected chi connectivity index (χ1v) is 9.22. The van der Waals surface area contributed by atoms with Gasteiger partial charge >= 0.3 is 0 Å². The average Bonchev–Trinajstić information content (AvgIpc) is 3.01. The molecule has 156 valence electrons. The van der Waals surface area contributed by atoms with Crippen LogP contribution in [0, 0.1) is 10.1 Å². The number of ketones is 1. The number of benzene rings is 2. The number of aliphatic hydroxyl groups excluding tert-OH is 2. The molecule has 1 heterocycles. The monoisotopic (exact) mass is 412 g/mol. The van der Waals surface area contributed by atoms with Gasteiger partial charge in [-0.2, -0.15) is 0 Å². The van der Waals surface area contributed by atoms with Gasteiger partial charge in [0, 0.05) is 24.2 Å². The number of nitrogens with zero attached hydrogens (tertiary/aromatic N) is 2. The molecule has 1 fully saturated rings. The summed E-state index contributed by atoms with van der Waals surface area (Å²) in [4.78, 5) is 37.4. The number of nitro benzene ring substituents is 1. The van der Waals surface area contributed by atoms with E-state index in [1.807, 2.05) is 0 Å². The van der Waals surface area contributed by atoms with Crippen LogP contribution in [0.3, 0.4) is 0 Å². The van der Waals surface area contributed by atoms with Crippen molar-refractivity contribution < 1.29 is 29.5 Å². The molecule has 0 aliphatic carbocycles. The minimum absolute atomic E-state index is 0.00347. The van der Waals surface area contributed by atoms with Gasteiger partial charge in [-0.15, -0.1) is 0 Å². The van der Waals surface area contributed by atoms with E-state index in [9.17, 15) is 24.8 Å². The number of aliphatic hydroxyl groups is 2. The van der Waals surface area contributed by atoms with Crippen molar-refractivity contribution in [3.8, 4) is 0 Å². The van der Waals surface area contributed by atoms with Crippen LogP contribution in [0.25, 0.3) is 5.76 Å². The third-order valence-corrected chi connectivity index (χ3v) is 4.70. The van der Waals surface area contributed by atoms with E-state index in [0.29, 0.717) is 11.1 Å². The van der Waals surface area contributed by atoms with Crippen LogP contribution >= 0.6 is 0 Å². The van der Waals surface area contributed by atoms with Crippen molar-refractivity contribution >= 4 is 23.1 Å². The van der Waals surface area contributed by atoms with Crippen LogP contribution in [0.15, 0.2) is 60.2 Å². The number of rotatable bonds is 8. The molecule has 0 aromatic heterocycles. The van der Waals surface area contributed by atoms with E-state index in [1.54, 1.807) is 36.4 Å². The van der Waals surface area contributed by atoms with Crippen LogP contribution < -0.4 is 0 Å². The number of hydrogen-bond donors (Lipinski definition) is 2. The van der Waals surface area contributed by atoms with Crippen molar-refractivity contribution in [2.45, 2.75) is 6.04 Å². The Morgan fingerprint density at radius 3 is 2.50 bits per heavy atom. The van der Waals surface area contributed by atoms with Gasteiger partial charge in [0.05, 0.1) is 36.4 Å². The number of nitro groups is 1. The number of amides is 1. The van der Waals surface area contributed by atoms with Gasteiger partial charge in [-0.1, -0.05) is 42.5 Å². The highest BCUT2D eigenvalue weighted by Gasteiger charge is 2.46. The second kappa shape index (κ2) is 9.29. The second-order valence-corrected chi connectivity index (χ2v) is 6.55. The lowest BCUT2D eigenvalue weighted by Crippen LogP contribution is -2.33. The molecule has 1 aliphatic rings. The summed E-state index contributed by atoms with van der Waals surface area (Å²) < 4.78 is 5.21. The van der Waals surface area contributed by atoms with Crippen LogP contribution in [-0.4, -0.2) is 58.1 Å². The van der Waals surface area contributed by atoms with Crippen molar-refractivity contribution in [1.29, 1.82) is 0 Å². The molecule has 3 rings (SSSR count). The minimum atomic E-state index is -1.01. The van der Waals surface area contributed by atoms with Crippen molar-refractivity contribution in [1.82, 2.24) is 4.90 Å². The first kappa shape index (κ1) is 21.2. The average molecular weight is 412 g/mol. The lowest BCUT2D eigenvalue weighted by atomic mass is 9.95. The van der Waals surface area contributed by atoms with E-state index >= 15 is 0 Å². The number of non-ortho nitro benzene ring substituents is 1. The summed E-state index contributed by atoms with van der Waals surface area (Å²) in [5.74, 6) is -2.07. The smallest absolute Gasteiger partial charge is 0.295 e. The van der Waals surface area contributed by atoms with Gasteiger partial charge in [0.15, 0.2) is 0 Å². The van der Waals surface area contributed by atoms with E-state index in [-0.39, 0.29) is 43.4 Å². The zero-order valence-electron chi connectivity index (χ0n) is 15.9. The fourth-order valence-electron chi connectivity index (χ4n) is 3.35. The fourth-order valence-corrected chi connectivity index (χ4v) is 3.35. The molecule has 1 aliphatic heterocycles. The molecule has 0 spiro atoms. The van der Waals surface area contributed by atoms with Gasteiger partial charge in [-0.3, -0.25) is 19.7 Å². The van der Waals surface area contributed by atoms with E-state index in [0.717, 1.165) is 0 Å². The Kier molecular flexibility index (Phi) is 6.55. The number of Topliss-reactive ketones (excluding diaryl/α,β-unsaturated/α-hetero) is 1. The highest BCUT2D eigenvalue weighted by atomic mass is 16.6. The topological polar surface area (TPSA) is 130 Å². The van der Waals surface area contributed by atoms with Crippen LogP contribution in [0.5, 0.6) is 0 Å². The Morgan fingerprint density at radius 1 is 1.10 bits per heavy atom. The third-order valence-electron chi connectivity index (χ3n) is 4.70. The normalized spacial score (nSPS) is 18.0. The Morgan fingerprint density at radius 2 is 1.83 bits per heavy atom. The van der Waals surface area contributed by atoms with Gasteiger partial charge in [0.1, 0.15) is 5.76 Å². The number of ether oxygens (including phenoxy) is 1. The number of likely N-dealkylation sites (tertiary alicyclic amines) is 1. The molecular formula is C21H20N2O7. The van der Waals surface area contributed by atoms with E-state index < -0.39 is 22.7 Å². The summed E-state index contributed by atoms with van der Waals surface area (Å²) >= 11 is 0.